The average Bonchev–Trinajstić information content (AvgIpc) is 2.41. The first-order valence-corrected chi connectivity index (χ1v) is 6.29. The molecule has 0 saturated heterocycles. The Morgan fingerprint density at radius 1 is 1.06 bits per heavy atom. The van der Waals surface area contributed by atoms with Crippen molar-refractivity contribution in [2.24, 2.45) is 0 Å². The van der Waals surface area contributed by atoms with Gasteiger partial charge < -0.3 is 15.2 Å². The van der Waals surface area contributed by atoms with Crippen LogP contribution in [0.25, 0.3) is 0 Å². The van der Waals surface area contributed by atoms with Gasteiger partial charge in [0.1, 0.15) is 18.1 Å². The fourth-order valence-electron chi connectivity index (χ4n) is 1.50. The largest absolute Gasteiger partial charge is 0.497 e. The van der Waals surface area contributed by atoms with E-state index >= 15 is 0 Å². The van der Waals surface area contributed by atoms with Crippen LogP contribution in [0.15, 0.2) is 46.9 Å². The molecule has 0 amide bonds. The van der Waals surface area contributed by atoms with Crippen molar-refractivity contribution in [1.82, 2.24) is 0 Å². The van der Waals surface area contributed by atoms with Gasteiger partial charge in [0, 0.05) is 10.2 Å². The van der Waals surface area contributed by atoms with Crippen LogP contribution in [0, 0.1) is 0 Å². The molecule has 0 aliphatic rings. The Balaban J connectivity index is 1.99. The van der Waals surface area contributed by atoms with E-state index in [-0.39, 0.29) is 0 Å². The van der Waals surface area contributed by atoms with E-state index in [4.69, 9.17) is 15.2 Å². The number of nitrogen functional groups attached to an aromatic ring is 1. The maximum atomic E-state index is 5.73. The molecule has 0 aliphatic heterocycles. The van der Waals surface area contributed by atoms with Gasteiger partial charge in [-0.05, 0) is 57.9 Å². The summed E-state index contributed by atoms with van der Waals surface area (Å²) in [6, 6.07) is 13.3. The quantitative estimate of drug-likeness (QED) is 0.877. The van der Waals surface area contributed by atoms with Crippen LogP contribution in [-0.4, -0.2) is 7.11 Å². The van der Waals surface area contributed by atoms with Crippen molar-refractivity contribution < 1.29 is 9.47 Å². The van der Waals surface area contributed by atoms with Crippen LogP contribution < -0.4 is 15.2 Å². The lowest BCUT2D eigenvalue weighted by Crippen LogP contribution is -1.96. The normalized spacial score (nSPS) is 10.1. The highest BCUT2D eigenvalue weighted by molar-refractivity contribution is 9.10. The monoisotopic (exact) mass is 307 g/mol. The highest BCUT2D eigenvalue weighted by Gasteiger charge is 2.00. The van der Waals surface area contributed by atoms with Crippen LogP contribution >= 0.6 is 15.9 Å². The molecule has 4 heteroatoms. The maximum absolute atomic E-state index is 5.73. The molecule has 2 aromatic carbocycles. The van der Waals surface area contributed by atoms with Gasteiger partial charge in [-0.25, -0.2) is 0 Å². The number of anilines is 1. The van der Waals surface area contributed by atoms with Gasteiger partial charge >= 0.3 is 0 Å². The minimum atomic E-state index is 0.505. The lowest BCUT2D eigenvalue weighted by molar-refractivity contribution is 0.305. The lowest BCUT2D eigenvalue weighted by Gasteiger charge is -2.08. The van der Waals surface area contributed by atoms with Gasteiger partial charge in [-0.15, -0.1) is 0 Å². The van der Waals surface area contributed by atoms with Crippen LogP contribution in [0.5, 0.6) is 11.5 Å². The Labute approximate surface area is 115 Å². The fraction of sp³-hybridized carbons (Fsp3) is 0.143. The summed E-state index contributed by atoms with van der Waals surface area (Å²) in [5, 5.41) is 0. The Hall–Kier alpha value is -1.68. The summed E-state index contributed by atoms with van der Waals surface area (Å²) in [5.41, 5.74) is 7.51. The summed E-state index contributed by atoms with van der Waals surface area (Å²) in [6.07, 6.45) is 0. The average molecular weight is 308 g/mol. The predicted octanol–water partition coefficient (Wildman–Crippen LogP) is 3.62. The standard InChI is InChI=1S/C14H14BrNO2/c1-17-11-3-5-12(6-4-11)18-9-10-2-7-14(16)13(15)8-10/h2-8H,9,16H2,1H3. The zero-order chi connectivity index (χ0) is 13.0. The highest BCUT2D eigenvalue weighted by atomic mass is 79.9. The van der Waals surface area contributed by atoms with Crippen LogP contribution in [0.4, 0.5) is 5.69 Å². The van der Waals surface area contributed by atoms with Crippen molar-refractivity contribution in [3.8, 4) is 11.5 Å². The summed E-state index contributed by atoms with van der Waals surface area (Å²) < 4.78 is 11.6. The number of hydrogen-bond acceptors (Lipinski definition) is 3. The predicted molar refractivity (Wildman–Crippen MR) is 75.9 cm³/mol. The number of nitrogens with two attached hydrogens (primary N) is 1. The Morgan fingerprint density at radius 2 is 1.72 bits per heavy atom. The minimum Gasteiger partial charge on any atom is -0.497 e. The molecular formula is C14H14BrNO2. The van der Waals surface area contributed by atoms with E-state index in [0.29, 0.717) is 6.61 Å². The molecule has 94 valence electrons. The number of benzene rings is 2. The SMILES string of the molecule is COc1ccc(OCc2ccc(N)c(Br)c2)cc1. The Kier molecular flexibility index (Phi) is 4.10. The summed E-state index contributed by atoms with van der Waals surface area (Å²) in [7, 11) is 1.64. The molecule has 0 radical (unpaired) electrons. The molecule has 0 unspecified atom stereocenters. The molecule has 2 aromatic rings. The number of methoxy groups -OCH3 is 1. The molecule has 0 saturated carbocycles. The van der Waals surface area contributed by atoms with Gasteiger partial charge in [-0.3, -0.25) is 0 Å². The van der Waals surface area contributed by atoms with Crippen molar-refractivity contribution in [1.29, 1.82) is 0 Å². The van der Waals surface area contributed by atoms with Gasteiger partial charge in [-0.1, -0.05) is 6.07 Å². The molecule has 0 spiro atoms. The fourth-order valence-corrected chi connectivity index (χ4v) is 1.93. The van der Waals surface area contributed by atoms with Gasteiger partial charge in [0.25, 0.3) is 0 Å². The molecule has 0 aliphatic carbocycles. The third-order valence-corrected chi connectivity index (χ3v) is 3.22. The molecule has 3 nitrogen and oxygen atoms in total. The molecular weight excluding hydrogens is 294 g/mol. The van der Waals surface area contributed by atoms with Crippen molar-refractivity contribution in [3.05, 3.63) is 52.5 Å². The number of hydrogen-bond donors (Lipinski definition) is 1. The summed E-state index contributed by atoms with van der Waals surface area (Å²) in [6.45, 7) is 0.505. The van der Waals surface area contributed by atoms with Crippen LogP contribution in [0.3, 0.4) is 0 Å². The number of ether oxygens (including phenoxy) is 2. The topological polar surface area (TPSA) is 44.5 Å². The van der Waals surface area contributed by atoms with Gasteiger partial charge in [0.2, 0.25) is 0 Å². The van der Waals surface area contributed by atoms with Crippen molar-refractivity contribution in [2.45, 2.75) is 6.61 Å². The van der Waals surface area contributed by atoms with Crippen molar-refractivity contribution >= 4 is 21.6 Å². The molecule has 0 heterocycles. The molecule has 0 aromatic heterocycles. The Morgan fingerprint density at radius 3 is 2.33 bits per heavy atom. The van der Waals surface area contributed by atoms with Crippen LogP contribution in [0.1, 0.15) is 5.56 Å². The van der Waals surface area contributed by atoms with E-state index in [0.717, 1.165) is 27.2 Å². The number of rotatable bonds is 4. The molecule has 0 atom stereocenters. The second kappa shape index (κ2) is 5.78. The van der Waals surface area contributed by atoms with E-state index < -0.39 is 0 Å². The first kappa shape index (κ1) is 12.8. The van der Waals surface area contributed by atoms with E-state index in [1.54, 1.807) is 7.11 Å². The van der Waals surface area contributed by atoms with Gasteiger partial charge in [0.15, 0.2) is 0 Å². The van der Waals surface area contributed by atoms with Gasteiger partial charge in [0.05, 0.1) is 7.11 Å². The van der Waals surface area contributed by atoms with Crippen LogP contribution in [-0.2, 0) is 6.61 Å². The second-order valence-electron chi connectivity index (χ2n) is 3.82. The summed E-state index contributed by atoms with van der Waals surface area (Å²) >= 11 is 3.39. The first-order valence-electron chi connectivity index (χ1n) is 5.50. The maximum Gasteiger partial charge on any atom is 0.120 e. The third kappa shape index (κ3) is 3.17. The zero-order valence-corrected chi connectivity index (χ0v) is 11.6. The highest BCUT2D eigenvalue weighted by Crippen LogP contribution is 2.22. The zero-order valence-electron chi connectivity index (χ0n) is 10.0. The van der Waals surface area contributed by atoms with E-state index in [1.165, 1.54) is 0 Å². The number of halogens is 1. The molecule has 0 fully saturated rings. The summed E-state index contributed by atoms with van der Waals surface area (Å²) in [4.78, 5) is 0. The first-order chi connectivity index (χ1) is 8.69. The van der Waals surface area contributed by atoms with Gasteiger partial charge in [-0.2, -0.15) is 0 Å². The lowest BCUT2D eigenvalue weighted by atomic mass is 10.2. The summed E-state index contributed by atoms with van der Waals surface area (Å²) in [5.74, 6) is 1.63. The Bertz CT molecular complexity index is 526. The van der Waals surface area contributed by atoms with E-state index in [9.17, 15) is 0 Å². The molecule has 2 rings (SSSR count). The van der Waals surface area contributed by atoms with E-state index in [2.05, 4.69) is 15.9 Å². The van der Waals surface area contributed by atoms with E-state index in [1.807, 2.05) is 42.5 Å². The van der Waals surface area contributed by atoms with Crippen molar-refractivity contribution in [2.75, 3.05) is 12.8 Å². The third-order valence-electron chi connectivity index (χ3n) is 2.53. The van der Waals surface area contributed by atoms with Crippen molar-refractivity contribution in [3.63, 3.8) is 0 Å². The van der Waals surface area contributed by atoms with Crippen LogP contribution in [0.2, 0.25) is 0 Å². The minimum absolute atomic E-state index is 0.505. The molecule has 0 bridgehead atoms. The second-order valence-corrected chi connectivity index (χ2v) is 4.67. The smallest absolute Gasteiger partial charge is 0.120 e. The molecule has 2 N–H and O–H groups in total. The molecule has 18 heavy (non-hydrogen) atoms.